The van der Waals surface area contributed by atoms with Gasteiger partial charge in [0, 0.05) is 18.8 Å². The molecule has 0 amide bonds. The minimum absolute atomic E-state index is 0.162. The van der Waals surface area contributed by atoms with Gasteiger partial charge in [0.2, 0.25) is 0 Å². The van der Waals surface area contributed by atoms with Crippen LogP contribution < -0.4 is 10.1 Å². The van der Waals surface area contributed by atoms with Crippen LogP contribution in [0.25, 0.3) is 0 Å². The number of hydrogen-bond acceptors (Lipinski definition) is 4. The van der Waals surface area contributed by atoms with Crippen molar-refractivity contribution in [3.05, 3.63) is 28.2 Å². The Morgan fingerprint density at radius 1 is 1.39 bits per heavy atom. The van der Waals surface area contributed by atoms with Gasteiger partial charge in [-0.25, -0.2) is 0 Å². The van der Waals surface area contributed by atoms with E-state index in [1.807, 2.05) is 6.26 Å². The second-order valence-electron chi connectivity index (χ2n) is 3.71. The number of rotatable bonds is 8. The van der Waals surface area contributed by atoms with Crippen molar-refractivity contribution in [2.75, 3.05) is 31.7 Å². The fourth-order valence-electron chi connectivity index (χ4n) is 1.30. The molecule has 1 unspecified atom stereocenters. The molecule has 0 heterocycles. The van der Waals surface area contributed by atoms with E-state index in [1.54, 1.807) is 30.0 Å². The zero-order valence-electron chi connectivity index (χ0n) is 10.2. The average Bonchev–Trinajstić information content (AvgIpc) is 2.34. The Labute approximate surface area is 122 Å². The van der Waals surface area contributed by atoms with Crippen molar-refractivity contribution in [3.63, 3.8) is 0 Å². The highest BCUT2D eigenvalue weighted by Gasteiger charge is 2.10. The third-order valence-corrected chi connectivity index (χ3v) is 3.41. The number of thioether (sulfide) groups is 1. The number of ether oxygens (including phenoxy) is 1. The normalized spacial score (nSPS) is 12.4. The Morgan fingerprint density at radius 3 is 2.67 bits per heavy atom. The van der Waals surface area contributed by atoms with Crippen LogP contribution in [0.3, 0.4) is 0 Å². The summed E-state index contributed by atoms with van der Waals surface area (Å²) in [4.78, 5) is 0. The molecule has 0 saturated heterocycles. The molecule has 0 bridgehead atoms. The van der Waals surface area contributed by atoms with Gasteiger partial charge in [-0.3, -0.25) is 0 Å². The molecule has 3 nitrogen and oxygen atoms in total. The maximum Gasteiger partial charge on any atom is 0.156 e. The minimum Gasteiger partial charge on any atom is -0.488 e. The fourth-order valence-corrected chi connectivity index (χ4v) is 2.16. The summed E-state index contributed by atoms with van der Waals surface area (Å²) < 4.78 is 5.43. The van der Waals surface area contributed by atoms with E-state index >= 15 is 0 Å². The van der Waals surface area contributed by atoms with E-state index in [-0.39, 0.29) is 6.61 Å². The molecule has 0 radical (unpaired) electrons. The second kappa shape index (κ2) is 8.88. The van der Waals surface area contributed by atoms with Crippen molar-refractivity contribution < 1.29 is 9.84 Å². The number of benzene rings is 1. The fraction of sp³-hybridized carbons (Fsp3) is 0.500. The molecule has 0 fully saturated rings. The summed E-state index contributed by atoms with van der Waals surface area (Å²) in [6, 6.07) is 5.15. The van der Waals surface area contributed by atoms with Crippen LogP contribution in [-0.2, 0) is 0 Å². The third kappa shape index (κ3) is 5.67. The lowest BCUT2D eigenvalue weighted by Crippen LogP contribution is -2.32. The van der Waals surface area contributed by atoms with Crippen LogP contribution >= 0.6 is 35.0 Å². The van der Waals surface area contributed by atoms with Gasteiger partial charge < -0.3 is 15.2 Å². The highest BCUT2D eigenvalue weighted by molar-refractivity contribution is 7.98. The summed E-state index contributed by atoms with van der Waals surface area (Å²) in [6.45, 7) is 1.52. The number of hydrogen-bond donors (Lipinski definition) is 2. The van der Waals surface area contributed by atoms with Crippen LogP contribution in [-0.4, -0.2) is 42.9 Å². The summed E-state index contributed by atoms with van der Waals surface area (Å²) >= 11 is 13.7. The van der Waals surface area contributed by atoms with Crippen molar-refractivity contribution in [2.24, 2.45) is 0 Å². The van der Waals surface area contributed by atoms with E-state index in [0.29, 0.717) is 22.3 Å². The molecule has 1 aromatic carbocycles. The summed E-state index contributed by atoms with van der Waals surface area (Å²) in [6.07, 6.45) is 1.46. The molecule has 0 aliphatic heterocycles. The maximum atomic E-state index is 9.71. The first-order valence-electron chi connectivity index (χ1n) is 5.59. The van der Waals surface area contributed by atoms with Crippen LogP contribution in [0.15, 0.2) is 18.2 Å². The number of aliphatic hydroxyl groups excluding tert-OH is 1. The zero-order chi connectivity index (χ0) is 13.4. The number of nitrogens with one attached hydrogen (secondary N) is 1. The maximum absolute atomic E-state index is 9.71. The summed E-state index contributed by atoms with van der Waals surface area (Å²) in [5.41, 5.74) is 0. The van der Waals surface area contributed by atoms with E-state index in [2.05, 4.69) is 5.32 Å². The van der Waals surface area contributed by atoms with Crippen LogP contribution in [0.2, 0.25) is 10.0 Å². The highest BCUT2D eigenvalue weighted by Crippen LogP contribution is 2.32. The SMILES string of the molecule is CSCCNCC(O)COc1c(Cl)cccc1Cl. The van der Waals surface area contributed by atoms with Crippen molar-refractivity contribution in [3.8, 4) is 5.75 Å². The molecule has 0 aromatic heterocycles. The van der Waals surface area contributed by atoms with Crippen LogP contribution in [0, 0.1) is 0 Å². The van der Waals surface area contributed by atoms with Gasteiger partial charge in [-0.2, -0.15) is 11.8 Å². The molecule has 0 saturated carbocycles. The van der Waals surface area contributed by atoms with Crippen LogP contribution in [0.1, 0.15) is 0 Å². The number of para-hydroxylation sites is 1. The molecule has 0 aliphatic rings. The largest absolute Gasteiger partial charge is 0.488 e. The van der Waals surface area contributed by atoms with Crippen LogP contribution in [0.5, 0.6) is 5.75 Å². The van der Waals surface area contributed by atoms with Crippen LogP contribution in [0.4, 0.5) is 0 Å². The zero-order valence-corrected chi connectivity index (χ0v) is 12.5. The van der Waals surface area contributed by atoms with Gasteiger partial charge in [-0.05, 0) is 18.4 Å². The molecule has 1 atom stereocenters. The first-order chi connectivity index (χ1) is 8.65. The highest BCUT2D eigenvalue weighted by atomic mass is 35.5. The standard InChI is InChI=1S/C12H17Cl2NO2S/c1-18-6-5-15-7-9(16)8-17-12-10(13)3-2-4-11(12)14/h2-4,9,15-16H,5-8H2,1H3. The molecule has 0 spiro atoms. The molecular formula is C12H17Cl2NO2S. The predicted molar refractivity (Wildman–Crippen MR) is 79.2 cm³/mol. The summed E-state index contributed by atoms with van der Waals surface area (Å²) in [5, 5.41) is 13.7. The van der Waals surface area contributed by atoms with E-state index in [1.165, 1.54) is 0 Å². The Hall–Kier alpha value is -0.130. The second-order valence-corrected chi connectivity index (χ2v) is 5.51. The molecule has 18 heavy (non-hydrogen) atoms. The lowest BCUT2D eigenvalue weighted by atomic mass is 10.3. The van der Waals surface area contributed by atoms with Crippen molar-refractivity contribution >= 4 is 35.0 Å². The minimum atomic E-state index is -0.584. The predicted octanol–water partition coefficient (Wildman–Crippen LogP) is 2.69. The summed E-state index contributed by atoms with van der Waals surface area (Å²) in [7, 11) is 0. The Morgan fingerprint density at radius 2 is 2.06 bits per heavy atom. The van der Waals surface area contributed by atoms with E-state index in [9.17, 15) is 5.11 Å². The van der Waals surface area contributed by atoms with Gasteiger partial charge in [0.1, 0.15) is 12.7 Å². The molecule has 0 aliphatic carbocycles. The number of halogens is 2. The molecule has 6 heteroatoms. The quantitative estimate of drug-likeness (QED) is 0.725. The molecule has 1 rings (SSSR count). The monoisotopic (exact) mass is 309 g/mol. The average molecular weight is 310 g/mol. The van der Waals surface area contributed by atoms with Gasteiger partial charge in [-0.15, -0.1) is 0 Å². The van der Waals surface area contributed by atoms with Crippen molar-refractivity contribution in [1.82, 2.24) is 5.32 Å². The smallest absolute Gasteiger partial charge is 0.156 e. The summed E-state index contributed by atoms with van der Waals surface area (Å²) in [5.74, 6) is 1.44. The molecule has 1 aromatic rings. The lowest BCUT2D eigenvalue weighted by molar-refractivity contribution is 0.107. The molecule has 2 N–H and O–H groups in total. The first-order valence-corrected chi connectivity index (χ1v) is 7.74. The van der Waals surface area contributed by atoms with E-state index in [0.717, 1.165) is 12.3 Å². The van der Waals surface area contributed by atoms with Crippen molar-refractivity contribution in [1.29, 1.82) is 0 Å². The van der Waals surface area contributed by atoms with Gasteiger partial charge >= 0.3 is 0 Å². The van der Waals surface area contributed by atoms with E-state index < -0.39 is 6.10 Å². The first kappa shape index (κ1) is 15.9. The Kier molecular flexibility index (Phi) is 7.86. The topological polar surface area (TPSA) is 41.5 Å². The Balaban J connectivity index is 2.31. The molecular weight excluding hydrogens is 293 g/mol. The lowest BCUT2D eigenvalue weighted by Gasteiger charge is -2.14. The third-order valence-electron chi connectivity index (χ3n) is 2.20. The molecule has 102 valence electrons. The number of aliphatic hydroxyl groups is 1. The van der Waals surface area contributed by atoms with Crippen molar-refractivity contribution in [2.45, 2.75) is 6.10 Å². The Bertz CT molecular complexity index is 346. The van der Waals surface area contributed by atoms with Gasteiger partial charge in [0.15, 0.2) is 5.75 Å². The van der Waals surface area contributed by atoms with Gasteiger partial charge in [0.25, 0.3) is 0 Å². The van der Waals surface area contributed by atoms with E-state index in [4.69, 9.17) is 27.9 Å². The van der Waals surface area contributed by atoms with Gasteiger partial charge in [-0.1, -0.05) is 29.3 Å². The van der Waals surface area contributed by atoms with Gasteiger partial charge in [0.05, 0.1) is 10.0 Å².